The first-order chi connectivity index (χ1) is 10.7. The average molecular weight is 321 g/mol. The van der Waals surface area contributed by atoms with Gasteiger partial charge in [-0.05, 0) is 12.5 Å². The van der Waals surface area contributed by atoms with Crippen LogP contribution in [0.25, 0.3) is 0 Å². The average Bonchev–Trinajstić information content (AvgIpc) is 2.83. The number of aromatic nitrogens is 1. The van der Waals surface area contributed by atoms with Crippen LogP contribution in [-0.2, 0) is 4.79 Å². The number of unbranched alkanes of at least 4 members (excludes halogenated alkanes) is 6. The Kier molecular flexibility index (Phi) is 7.23. The summed E-state index contributed by atoms with van der Waals surface area (Å²) >= 11 is 1.79. The molecule has 1 fully saturated rings. The van der Waals surface area contributed by atoms with Gasteiger partial charge < -0.3 is 4.90 Å². The van der Waals surface area contributed by atoms with E-state index in [0.717, 1.165) is 12.0 Å². The monoisotopic (exact) mass is 320 g/mol. The predicted molar refractivity (Wildman–Crippen MR) is 93.7 cm³/mol. The van der Waals surface area contributed by atoms with Gasteiger partial charge in [-0.3, -0.25) is 9.78 Å². The summed E-state index contributed by atoms with van der Waals surface area (Å²) in [5.41, 5.74) is 1.13. The highest BCUT2D eigenvalue weighted by molar-refractivity contribution is 8.01. The van der Waals surface area contributed by atoms with Crippen molar-refractivity contribution in [3.05, 3.63) is 30.1 Å². The van der Waals surface area contributed by atoms with Crippen molar-refractivity contribution < 1.29 is 4.79 Å². The van der Waals surface area contributed by atoms with Crippen molar-refractivity contribution in [2.24, 2.45) is 0 Å². The summed E-state index contributed by atoms with van der Waals surface area (Å²) in [5.74, 6) is 0.282. The van der Waals surface area contributed by atoms with Gasteiger partial charge in [0.05, 0.1) is 5.25 Å². The molecule has 1 aliphatic rings. The molecule has 2 atom stereocenters. The van der Waals surface area contributed by atoms with Crippen LogP contribution in [0.2, 0.25) is 0 Å². The van der Waals surface area contributed by atoms with Gasteiger partial charge in [0.1, 0.15) is 5.37 Å². The van der Waals surface area contributed by atoms with Crippen LogP contribution in [0.1, 0.15) is 69.2 Å². The molecule has 122 valence electrons. The summed E-state index contributed by atoms with van der Waals surface area (Å²) in [6.45, 7) is 2.25. The van der Waals surface area contributed by atoms with Crippen molar-refractivity contribution in [3.8, 4) is 0 Å². The lowest BCUT2D eigenvalue weighted by molar-refractivity contribution is -0.128. The summed E-state index contributed by atoms with van der Waals surface area (Å²) in [7, 11) is 1.91. The summed E-state index contributed by atoms with van der Waals surface area (Å²) in [6, 6.07) is 4.00. The van der Waals surface area contributed by atoms with Gasteiger partial charge in [-0.2, -0.15) is 0 Å². The van der Waals surface area contributed by atoms with Crippen molar-refractivity contribution in [1.82, 2.24) is 9.88 Å². The van der Waals surface area contributed by atoms with Crippen molar-refractivity contribution >= 4 is 17.7 Å². The van der Waals surface area contributed by atoms with Crippen LogP contribution in [-0.4, -0.2) is 28.1 Å². The highest BCUT2D eigenvalue weighted by Gasteiger charge is 2.38. The summed E-state index contributed by atoms with van der Waals surface area (Å²) in [6.07, 6.45) is 13.8. The van der Waals surface area contributed by atoms with Crippen molar-refractivity contribution in [3.63, 3.8) is 0 Å². The molecule has 1 aromatic rings. The third kappa shape index (κ3) is 4.73. The number of amides is 1. The summed E-state index contributed by atoms with van der Waals surface area (Å²) < 4.78 is 0. The molecular formula is C18H28N2OS. The Morgan fingerprint density at radius 1 is 1.18 bits per heavy atom. The van der Waals surface area contributed by atoms with E-state index in [0.29, 0.717) is 0 Å². The maximum Gasteiger partial charge on any atom is 0.236 e. The normalized spacial score (nSPS) is 21.5. The minimum absolute atomic E-state index is 0.130. The van der Waals surface area contributed by atoms with Crippen LogP contribution in [0, 0.1) is 0 Å². The predicted octanol–water partition coefficient (Wildman–Crippen LogP) is 4.79. The maximum absolute atomic E-state index is 12.4. The molecule has 2 heterocycles. The molecule has 0 spiro atoms. The first kappa shape index (κ1) is 17.3. The molecule has 1 amide bonds. The number of thioether (sulfide) groups is 1. The minimum Gasteiger partial charge on any atom is -0.329 e. The third-order valence-corrected chi connectivity index (χ3v) is 5.92. The van der Waals surface area contributed by atoms with Gasteiger partial charge in [0, 0.05) is 25.0 Å². The lowest BCUT2D eigenvalue weighted by atomic mass is 10.1. The number of carbonyl (C=O) groups excluding carboxylic acids is 1. The number of pyridine rings is 1. The second-order valence-corrected chi connectivity index (χ2v) is 7.41. The van der Waals surface area contributed by atoms with Gasteiger partial charge in [0.25, 0.3) is 0 Å². The number of rotatable bonds is 9. The van der Waals surface area contributed by atoms with Crippen LogP contribution < -0.4 is 0 Å². The van der Waals surface area contributed by atoms with Gasteiger partial charge >= 0.3 is 0 Å². The molecule has 4 heteroatoms. The molecule has 1 aromatic heterocycles. The SMILES string of the molecule is CCCCCCCCC[C@H]1S[C@H](c2cccnc2)N(C)C1=O. The first-order valence-corrected chi connectivity index (χ1v) is 9.50. The van der Waals surface area contributed by atoms with Gasteiger partial charge in [-0.1, -0.05) is 57.9 Å². The zero-order valence-corrected chi connectivity index (χ0v) is 14.6. The van der Waals surface area contributed by atoms with Crippen molar-refractivity contribution in [2.45, 2.75) is 68.9 Å². The minimum atomic E-state index is 0.130. The molecule has 2 rings (SSSR count). The van der Waals surface area contributed by atoms with E-state index in [1.54, 1.807) is 18.0 Å². The smallest absolute Gasteiger partial charge is 0.236 e. The molecule has 0 unspecified atom stereocenters. The quantitative estimate of drug-likeness (QED) is 0.613. The second-order valence-electron chi connectivity index (χ2n) is 6.12. The fraction of sp³-hybridized carbons (Fsp3) is 0.667. The topological polar surface area (TPSA) is 33.2 Å². The van der Waals surface area contributed by atoms with Crippen LogP contribution in [0.5, 0.6) is 0 Å². The second kappa shape index (κ2) is 9.19. The lowest BCUT2D eigenvalue weighted by Crippen LogP contribution is -2.27. The number of hydrogen-bond acceptors (Lipinski definition) is 3. The zero-order valence-electron chi connectivity index (χ0n) is 13.8. The largest absolute Gasteiger partial charge is 0.329 e. The van der Waals surface area contributed by atoms with E-state index in [2.05, 4.69) is 18.0 Å². The molecule has 0 N–H and O–H groups in total. The van der Waals surface area contributed by atoms with Gasteiger partial charge in [0.2, 0.25) is 5.91 Å². The highest BCUT2D eigenvalue weighted by Crippen LogP contribution is 2.43. The Morgan fingerprint density at radius 3 is 2.59 bits per heavy atom. The Labute approximate surface area is 138 Å². The maximum atomic E-state index is 12.4. The molecule has 0 radical (unpaired) electrons. The molecule has 22 heavy (non-hydrogen) atoms. The molecule has 0 aromatic carbocycles. The Morgan fingerprint density at radius 2 is 1.91 bits per heavy atom. The van der Waals surface area contributed by atoms with Gasteiger partial charge in [-0.15, -0.1) is 11.8 Å². The molecule has 0 bridgehead atoms. The summed E-state index contributed by atoms with van der Waals surface area (Å²) in [4.78, 5) is 18.4. The van der Waals surface area contributed by atoms with E-state index in [-0.39, 0.29) is 16.5 Å². The molecule has 1 saturated heterocycles. The van der Waals surface area contributed by atoms with Crippen LogP contribution >= 0.6 is 11.8 Å². The summed E-state index contributed by atoms with van der Waals surface area (Å²) in [5, 5.41) is 0.265. The molecule has 3 nitrogen and oxygen atoms in total. The van der Waals surface area contributed by atoms with E-state index in [4.69, 9.17) is 0 Å². The standard InChI is InChI=1S/C18H28N2OS/c1-3-4-5-6-7-8-9-12-16-17(21)20(2)18(22-16)15-11-10-13-19-14-15/h10-11,13-14,16,18H,3-9,12H2,1-2H3/t16-,18-/m1/s1. The first-order valence-electron chi connectivity index (χ1n) is 8.56. The van der Waals surface area contributed by atoms with Crippen molar-refractivity contribution in [2.75, 3.05) is 7.05 Å². The van der Waals surface area contributed by atoms with E-state index >= 15 is 0 Å². The van der Waals surface area contributed by atoms with Crippen LogP contribution in [0.15, 0.2) is 24.5 Å². The Bertz CT molecular complexity index is 452. The van der Waals surface area contributed by atoms with Crippen molar-refractivity contribution in [1.29, 1.82) is 0 Å². The fourth-order valence-corrected chi connectivity index (χ4v) is 4.43. The number of hydrogen-bond donors (Lipinski definition) is 0. The number of nitrogens with zero attached hydrogens (tertiary/aromatic N) is 2. The van der Waals surface area contributed by atoms with Crippen LogP contribution in [0.3, 0.4) is 0 Å². The third-order valence-electron chi connectivity index (χ3n) is 4.31. The molecular weight excluding hydrogens is 292 g/mol. The van der Waals surface area contributed by atoms with E-state index in [9.17, 15) is 4.79 Å². The highest BCUT2D eigenvalue weighted by atomic mass is 32.2. The Balaban J connectivity index is 1.73. The molecule has 0 saturated carbocycles. The Hall–Kier alpha value is -1.03. The molecule has 1 aliphatic heterocycles. The fourth-order valence-electron chi connectivity index (χ4n) is 2.95. The lowest BCUT2D eigenvalue weighted by Gasteiger charge is -2.18. The van der Waals surface area contributed by atoms with E-state index < -0.39 is 0 Å². The van der Waals surface area contributed by atoms with Crippen LogP contribution in [0.4, 0.5) is 0 Å². The van der Waals surface area contributed by atoms with E-state index in [1.165, 1.54) is 44.9 Å². The number of carbonyl (C=O) groups is 1. The van der Waals surface area contributed by atoms with Gasteiger partial charge in [-0.25, -0.2) is 0 Å². The van der Waals surface area contributed by atoms with Gasteiger partial charge in [0.15, 0.2) is 0 Å². The molecule has 0 aliphatic carbocycles. The van der Waals surface area contributed by atoms with E-state index in [1.807, 2.05) is 24.2 Å². The zero-order chi connectivity index (χ0) is 15.8.